The van der Waals surface area contributed by atoms with E-state index in [-0.39, 0.29) is 0 Å². The van der Waals surface area contributed by atoms with E-state index in [0.29, 0.717) is 5.15 Å². The molecule has 0 N–H and O–H groups in total. The molecule has 2 nitrogen and oxygen atoms in total. The fourth-order valence-electron chi connectivity index (χ4n) is 1.29. The lowest BCUT2D eigenvalue weighted by Crippen LogP contribution is -1.92. The molecule has 0 spiro atoms. The Labute approximate surface area is 98.0 Å². The molecule has 4 heteroatoms. The van der Waals surface area contributed by atoms with Gasteiger partial charge < -0.3 is 0 Å². The van der Waals surface area contributed by atoms with Gasteiger partial charge in [0.05, 0.1) is 0 Å². The molecule has 0 aliphatic carbocycles. The smallest absolute Gasteiger partial charge is 0.140 e. The summed E-state index contributed by atoms with van der Waals surface area (Å²) in [6.07, 6.45) is 3.71. The van der Waals surface area contributed by atoms with Gasteiger partial charge >= 0.3 is 0 Å². The van der Waals surface area contributed by atoms with Crippen LogP contribution in [-0.2, 0) is 12.8 Å². The molecule has 0 atom stereocenters. The molecule has 0 amide bonds. The fraction of sp³-hybridized carbons (Fsp3) is 0.273. The van der Waals surface area contributed by atoms with E-state index in [0.717, 1.165) is 23.5 Å². The standard InChI is InChI=1S/C11H11ClN2S/c1-2-8-3-4-9(13-6-8)5-11-14-10(12)7-15-11/h3-4,6-7H,2,5H2,1H3. The largest absolute Gasteiger partial charge is 0.261 e. The summed E-state index contributed by atoms with van der Waals surface area (Å²) in [6, 6.07) is 4.16. The summed E-state index contributed by atoms with van der Waals surface area (Å²) in [5.41, 5.74) is 2.30. The van der Waals surface area contributed by atoms with Crippen LogP contribution in [0, 0.1) is 0 Å². The SMILES string of the molecule is CCc1ccc(Cc2nc(Cl)cs2)nc1. The van der Waals surface area contributed by atoms with Crippen molar-refractivity contribution in [3.63, 3.8) is 0 Å². The van der Waals surface area contributed by atoms with Crippen molar-refractivity contribution in [3.8, 4) is 0 Å². The molecule has 0 aliphatic rings. The van der Waals surface area contributed by atoms with Gasteiger partial charge in [-0.15, -0.1) is 11.3 Å². The molecular weight excluding hydrogens is 228 g/mol. The topological polar surface area (TPSA) is 25.8 Å². The molecule has 0 fully saturated rings. The third kappa shape index (κ3) is 2.76. The third-order valence-corrected chi connectivity index (χ3v) is 3.32. The second-order valence-electron chi connectivity index (χ2n) is 3.25. The molecule has 0 saturated heterocycles. The first-order valence-corrected chi connectivity index (χ1v) is 6.07. The Hall–Kier alpha value is -0.930. The van der Waals surface area contributed by atoms with E-state index in [1.54, 1.807) is 11.3 Å². The van der Waals surface area contributed by atoms with E-state index in [9.17, 15) is 0 Å². The number of rotatable bonds is 3. The van der Waals surface area contributed by atoms with Crippen molar-refractivity contribution in [1.29, 1.82) is 0 Å². The number of pyridine rings is 1. The summed E-state index contributed by atoms with van der Waals surface area (Å²) < 4.78 is 0. The molecule has 0 bridgehead atoms. The van der Waals surface area contributed by atoms with Gasteiger partial charge in [-0.3, -0.25) is 4.98 Å². The quantitative estimate of drug-likeness (QED) is 0.820. The van der Waals surface area contributed by atoms with Crippen LogP contribution in [0.2, 0.25) is 5.15 Å². The molecule has 0 unspecified atom stereocenters. The van der Waals surface area contributed by atoms with Gasteiger partial charge in [0.1, 0.15) is 10.2 Å². The molecule has 0 saturated carbocycles. The maximum Gasteiger partial charge on any atom is 0.140 e. The molecule has 0 aromatic carbocycles. The van der Waals surface area contributed by atoms with Crippen molar-refractivity contribution < 1.29 is 0 Å². The fourth-order valence-corrected chi connectivity index (χ4v) is 2.25. The molecule has 2 aromatic heterocycles. The average molecular weight is 239 g/mol. The zero-order valence-electron chi connectivity index (χ0n) is 8.40. The maximum absolute atomic E-state index is 5.75. The Morgan fingerprint density at radius 3 is 2.80 bits per heavy atom. The van der Waals surface area contributed by atoms with E-state index in [2.05, 4.69) is 23.0 Å². The van der Waals surface area contributed by atoms with Gasteiger partial charge in [0.2, 0.25) is 0 Å². The van der Waals surface area contributed by atoms with Crippen molar-refractivity contribution in [2.24, 2.45) is 0 Å². The van der Waals surface area contributed by atoms with Gasteiger partial charge in [-0.1, -0.05) is 24.6 Å². The zero-order chi connectivity index (χ0) is 10.7. The minimum Gasteiger partial charge on any atom is -0.261 e. The first-order valence-electron chi connectivity index (χ1n) is 4.81. The number of aryl methyl sites for hydroxylation is 1. The van der Waals surface area contributed by atoms with Crippen molar-refractivity contribution >= 4 is 22.9 Å². The van der Waals surface area contributed by atoms with E-state index in [1.165, 1.54) is 5.56 Å². The van der Waals surface area contributed by atoms with Gasteiger partial charge in [0, 0.05) is 23.7 Å². The van der Waals surface area contributed by atoms with Gasteiger partial charge in [0.15, 0.2) is 0 Å². The van der Waals surface area contributed by atoms with Crippen LogP contribution in [0.15, 0.2) is 23.7 Å². The number of thiazole rings is 1. The third-order valence-electron chi connectivity index (χ3n) is 2.15. The van der Waals surface area contributed by atoms with Crippen LogP contribution in [-0.4, -0.2) is 9.97 Å². The van der Waals surface area contributed by atoms with Crippen LogP contribution in [0.1, 0.15) is 23.2 Å². The summed E-state index contributed by atoms with van der Waals surface area (Å²) in [6.45, 7) is 2.12. The number of hydrogen-bond donors (Lipinski definition) is 0. The predicted octanol–water partition coefficient (Wildman–Crippen LogP) is 3.34. The Morgan fingerprint density at radius 2 is 2.27 bits per heavy atom. The second-order valence-corrected chi connectivity index (χ2v) is 4.58. The Balaban J connectivity index is 2.11. The second kappa shape index (κ2) is 4.73. The number of hydrogen-bond acceptors (Lipinski definition) is 3. The molecule has 78 valence electrons. The molecule has 2 aromatic rings. The van der Waals surface area contributed by atoms with Crippen LogP contribution in [0.5, 0.6) is 0 Å². The minimum absolute atomic E-state index is 0.570. The summed E-state index contributed by atoms with van der Waals surface area (Å²) in [5.74, 6) is 0. The predicted molar refractivity (Wildman–Crippen MR) is 63.5 cm³/mol. The van der Waals surface area contributed by atoms with Crippen LogP contribution in [0.25, 0.3) is 0 Å². The van der Waals surface area contributed by atoms with Crippen LogP contribution in [0.3, 0.4) is 0 Å². The summed E-state index contributed by atoms with van der Waals surface area (Å²) >= 11 is 7.32. The molecule has 0 radical (unpaired) electrons. The van der Waals surface area contributed by atoms with Gasteiger partial charge in [-0.2, -0.15) is 0 Å². The molecular formula is C11H11ClN2S. The summed E-state index contributed by atoms with van der Waals surface area (Å²) in [4.78, 5) is 8.57. The lowest BCUT2D eigenvalue weighted by atomic mass is 10.2. The van der Waals surface area contributed by atoms with E-state index < -0.39 is 0 Å². The first kappa shape index (κ1) is 10.6. The van der Waals surface area contributed by atoms with Gasteiger partial charge in [-0.25, -0.2) is 4.98 Å². The van der Waals surface area contributed by atoms with Gasteiger partial charge in [0.25, 0.3) is 0 Å². The highest BCUT2D eigenvalue weighted by molar-refractivity contribution is 7.10. The molecule has 15 heavy (non-hydrogen) atoms. The summed E-state index contributed by atoms with van der Waals surface area (Å²) in [5, 5.41) is 3.43. The highest BCUT2D eigenvalue weighted by Crippen LogP contribution is 2.16. The Morgan fingerprint density at radius 1 is 1.40 bits per heavy atom. The van der Waals surface area contributed by atoms with Crippen molar-refractivity contribution in [3.05, 3.63) is 45.1 Å². The van der Waals surface area contributed by atoms with E-state index in [4.69, 9.17) is 11.6 Å². The van der Waals surface area contributed by atoms with Crippen molar-refractivity contribution in [2.75, 3.05) is 0 Å². The highest BCUT2D eigenvalue weighted by atomic mass is 35.5. The van der Waals surface area contributed by atoms with Crippen LogP contribution >= 0.6 is 22.9 Å². The first-order chi connectivity index (χ1) is 7.28. The zero-order valence-corrected chi connectivity index (χ0v) is 9.98. The normalized spacial score (nSPS) is 10.5. The number of aromatic nitrogens is 2. The van der Waals surface area contributed by atoms with E-state index in [1.807, 2.05) is 17.6 Å². The summed E-state index contributed by atoms with van der Waals surface area (Å²) in [7, 11) is 0. The molecule has 0 aliphatic heterocycles. The Bertz CT molecular complexity index is 436. The number of nitrogens with zero attached hydrogens (tertiary/aromatic N) is 2. The highest BCUT2D eigenvalue weighted by Gasteiger charge is 2.02. The molecule has 2 heterocycles. The van der Waals surface area contributed by atoms with Crippen LogP contribution < -0.4 is 0 Å². The Kier molecular flexibility index (Phi) is 3.34. The molecule has 2 rings (SSSR count). The minimum atomic E-state index is 0.570. The lowest BCUT2D eigenvalue weighted by molar-refractivity contribution is 1.02. The lowest BCUT2D eigenvalue weighted by Gasteiger charge is -1.99. The maximum atomic E-state index is 5.75. The van der Waals surface area contributed by atoms with Crippen molar-refractivity contribution in [1.82, 2.24) is 9.97 Å². The monoisotopic (exact) mass is 238 g/mol. The van der Waals surface area contributed by atoms with Gasteiger partial charge in [-0.05, 0) is 18.1 Å². The van der Waals surface area contributed by atoms with Crippen molar-refractivity contribution in [2.45, 2.75) is 19.8 Å². The average Bonchev–Trinajstić information content (AvgIpc) is 2.65. The number of halogens is 1. The van der Waals surface area contributed by atoms with E-state index >= 15 is 0 Å². The van der Waals surface area contributed by atoms with Crippen LogP contribution in [0.4, 0.5) is 0 Å².